The third kappa shape index (κ3) is 2.38. The van der Waals surface area contributed by atoms with Crippen LogP contribution in [-0.4, -0.2) is 17.1 Å². The Bertz CT molecular complexity index is 697. The minimum Gasteiger partial charge on any atom is -0.508 e. The van der Waals surface area contributed by atoms with Crippen molar-refractivity contribution in [2.45, 2.75) is 25.4 Å². The maximum atomic E-state index is 12.5. The Morgan fingerprint density at radius 1 is 1.24 bits per heavy atom. The van der Waals surface area contributed by atoms with Gasteiger partial charge in [0.25, 0.3) is 5.91 Å². The largest absolute Gasteiger partial charge is 0.508 e. The van der Waals surface area contributed by atoms with Gasteiger partial charge in [-0.15, -0.1) is 0 Å². The molecule has 2 atom stereocenters. The monoisotopic (exact) mass is 282 g/mol. The molecule has 3 rings (SSSR count). The van der Waals surface area contributed by atoms with Gasteiger partial charge in [0.05, 0.1) is 6.04 Å². The normalized spacial score (nSPS) is 20.1. The van der Waals surface area contributed by atoms with Crippen LogP contribution in [0.3, 0.4) is 0 Å². The average Bonchev–Trinajstić information content (AvgIpc) is 2.78. The van der Waals surface area contributed by atoms with Gasteiger partial charge in [-0.3, -0.25) is 4.79 Å². The number of phenols is 1. The van der Waals surface area contributed by atoms with E-state index in [1.54, 1.807) is 25.1 Å². The first-order valence-electron chi connectivity index (χ1n) is 7.00. The van der Waals surface area contributed by atoms with Crippen LogP contribution in [0.1, 0.15) is 33.1 Å². The number of benzene rings is 2. The lowest BCUT2D eigenvalue weighted by molar-refractivity contribution is 0.0932. The molecular formula is C17H18N2O2. The van der Waals surface area contributed by atoms with Crippen LogP contribution < -0.4 is 11.1 Å². The Balaban J connectivity index is 1.87. The number of nitrogens with two attached hydrogens (primary N) is 1. The summed E-state index contributed by atoms with van der Waals surface area (Å²) in [4.78, 5) is 12.5. The first kappa shape index (κ1) is 13.6. The average molecular weight is 282 g/mol. The molecule has 4 nitrogen and oxygen atoms in total. The number of aromatic hydroxyl groups is 1. The number of carbonyl (C=O) groups excluding carboxylic acids is 1. The van der Waals surface area contributed by atoms with Crippen LogP contribution in [0.25, 0.3) is 0 Å². The molecule has 0 fully saturated rings. The van der Waals surface area contributed by atoms with Crippen LogP contribution in [0.5, 0.6) is 5.75 Å². The number of phenolic OH excluding ortho intramolecular Hbond substituents is 1. The van der Waals surface area contributed by atoms with Gasteiger partial charge in [-0.25, -0.2) is 0 Å². The van der Waals surface area contributed by atoms with Crippen molar-refractivity contribution in [2.24, 2.45) is 5.73 Å². The van der Waals surface area contributed by atoms with E-state index < -0.39 is 0 Å². The maximum absolute atomic E-state index is 12.5. The number of amides is 1. The van der Waals surface area contributed by atoms with Crippen molar-refractivity contribution in [1.82, 2.24) is 5.32 Å². The highest BCUT2D eigenvalue weighted by atomic mass is 16.3. The molecule has 1 aliphatic carbocycles. The van der Waals surface area contributed by atoms with Crippen molar-refractivity contribution < 1.29 is 9.90 Å². The second-order valence-corrected chi connectivity index (χ2v) is 5.47. The highest BCUT2D eigenvalue weighted by Crippen LogP contribution is 2.30. The molecule has 21 heavy (non-hydrogen) atoms. The fourth-order valence-corrected chi connectivity index (χ4v) is 2.90. The zero-order chi connectivity index (χ0) is 15.0. The Hall–Kier alpha value is -2.33. The lowest BCUT2D eigenvalue weighted by Gasteiger charge is -2.19. The van der Waals surface area contributed by atoms with Crippen molar-refractivity contribution >= 4 is 5.91 Å². The highest BCUT2D eigenvalue weighted by molar-refractivity contribution is 5.96. The first-order chi connectivity index (χ1) is 10.1. The van der Waals surface area contributed by atoms with Crippen molar-refractivity contribution in [3.8, 4) is 5.75 Å². The number of fused-ring (bicyclic) bond motifs is 1. The molecule has 0 aliphatic heterocycles. The predicted molar refractivity (Wildman–Crippen MR) is 81.2 cm³/mol. The Kier molecular flexibility index (Phi) is 3.39. The van der Waals surface area contributed by atoms with Crippen LogP contribution in [0.2, 0.25) is 0 Å². The quantitative estimate of drug-likeness (QED) is 0.789. The smallest absolute Gasteiger partial charge is 0.252 e. The van der Waals surface area contributed by atoms with Gasteiger partial charge in [0.2, 0.25) is 0 Å². The molecule has 0 aromatic heterocycles. The second-order valence-electron chi connectivity index (χ2n) is 5.47. The van der Waals surface area contributed by atoms with Crippen LogP contribution in [0.15, 0.2) is 42.5 Å². The van der Waals surface area contributed by atoms with E-state index in [1.165, 1.54) is 5.56 Å². The Labute approximate surface area is 123 Å². The molecule has 0 radical (unpaired) electrons. The highest BCUT2D eigenvalue weighted by Gasteiger charge is 2.31. The molecule has 0 bridgehead atoms. The third-order valence-corrected chi connectivity index (χ3v) is 4.11. The molecule has 0 saturated carbocycles. The number of nitrogens with one attached hydrogen (secondary N) is 1. The summed E-state index contributed by atoms with van der Waals surface area (Å²) in [6, 6.07) is 12.6. The summed E-state index contributed by atoms with van der Waals surface area (Å²) in [5.74, 6) is -0.0840. The molecule has 2 unspecified atom stereocenters. The fraction of sp³-hybridized carbons (Fsp3) is 0.235. The molecular weight excluding hydrogens is 264 g/mol. The van der Waals surface area contributed by atoms with Gasteiger partial charge in [0, 0.05) is 17.2 Å². The fourth-order valence-electron chi connectivity index (χ4n) is 2.90. The number of hydrogen-bond acceptors (Lipinski definition) is 3. The molecule has 2 aromatic carbocycles. The van der Waals surface area contributed by atoms with Crippen LogP contribution in [-0.2, 0) is 6.42 Å². The zero-order valence-electron chi connectivity index (χ0n) is 11.8. The van der Waals surface area contributed by atoms with Gasteiger partial charge in [0.1, 0.15) is 5.75 Å². The van der Waals surface area contributed by atoms with Gasteiger partial charge in [-0.2, -0.15) is 0 Å². The standard InChI is InChI=1S/C17H18N2O2/c1-10-12(7-4-8-15(10)20)17(21)19-16-13-6-3-2-5-11(13)9-14(16)18/h2-8,14,16,20H,9,18H2,1H3,(H,19,21). The molecule has 2 aromatic rings. The van der Waals surface area contributed by atoms with E-state index in [4.69, 9.17) is 5.73 Å². The predicted octanol–water partition coefficient (Wildman–Crippen LogP) is 2.06. The van der Waals surface area contributed by atoms with E-state index in [1.807, 2.05) is 24.3 Å². The summed E-state index contributed by atoms with van der Waals surface area (Å²) >= 11 is 0. The van der Waals surface area contributed by atoms with Gasteiger partial charge < -0.3 is 16.2 Å². The number of carbonyl (C=O) groups is 1. The molecule has 0 heterocycles. The SMILES string of the molecule is Cc1c(O)cccc1C(=O)NC1c2ccccc2CC1N. The summed E-state index contributed by atoms with van der Waals surface area (Å²) in [5, 5.41) is 12.7. The van der Waals surface area contributed by atoms with E-state index in [-0.39, 0.29) is 23.7 Å². The lowest BCUT2D eigenvalue weighted by atomic mass is 10.0. The van der Waals surface area contributed by atoms with Crippen molar-refractivity contribution in [1.29, 1.82) is 0 Å². The van der Waals surface area contributed by atoms with Crippen LogP contribution in [0, 0.1) is 6.92 Å². The van der Waals surface area contributed by atoms with E-state index in [0.29, 0.717) is 11.1 Å². The molecule has 4 N–H and O–H groups in total. The molecule has 4 heteroatoms. The second kappa shape index (κ2) is 5.22. The van der Waals surface area contributed by atoms with Crippen molar-refractivity contribution in [2.75, 3.05) is 0 Å². The minimum atomic E-state index is -0.208. The van der Waals surface area contributed by atoms with E-state index in [2.05, 4.69) is 5.32 Å². The lowest BCUT2D eigenvalue weighted by Crippen LogP contribution is -2.38. The Morgan fingerprint density at radius 2 is 2.00 bits per heavy atom. The molecule has 1 amide bonds. The number of hydrogen-bond donors (Lipinski definition) is 3. The summed E-state index contributed by atoms with van der Waals surface area (Å²) in [7, 11) is 0. The van der Waals surface area contributed by atoms with E-state index in [0.717, 1.165) is 12.0 Å². The topological polar surface area (TPSA) is 75.3 Å². The maximum Gasteiger partial charge on any atom is 0.252 e. The summed E-state index contributed by atoms with van der Waals surface area (Å²) in [6.07, 6.45) is 0.764. The molecule has 108 valence electrons. The van der Waals surface area contributed by atoms with E-state index >= 15 is 0 Å². The van der Waals surface area contributed by atoms with E-state index in [9.17, 15) is 9.90 Å². The van der Waals surface area contributed by atoms with Gasteiger partial charge in [0.15, 0.2) is 0 Å². The first-order valence-corrected chi connectivity index (χ1v) is 7.00. The van der Waals surface area contributed by atoms with Gasteiger partial charge in [-0.05, 0) is 36.6 Å². The van der Waals surface area contributed by atoms with Gasteiger partial charge >= 0.3 is 0 Å². The molecule has 0 saturated heterocycles. The Morgan fingerprint density at radius 3 is 2.81 bits per heavy atom. The summed E-state index contributed by atoms with van der Waals surface area (Å²) in [6.45, 7) is 1.73. The number of rotatable bonds is 2. The zero-order valence-corrected chi connectivity index (χ0v) is 11.8. The summed E-state index contributed by atoms with van der Waals surface area (Å²) < 4.78 is 0. The minimum absolute atomic E-state index is 0.121. The van der Waals surface area contributed by atoms with Crippen LogP contribution >= 0.6 is 0 Å². The molecule has 0 spiro atoms. The third-order valence-electron chi connectivity index (χ3n) is 4.11. The van der Waals surface area contributed by atoms with Gasteiger partial charge in [-0.1, -0.05) is 30.3 Å². The van der Waals surface area contributed by atoms with Crippen LogP contribution in [0.4, 0.5) is 0 Å². The van der Waals surface area contributed by atoms with Crippen molar-refractivity contribution in [3.05, 3.63) is 64.7 Å². The summed E-state index contributed by atoms with van der Waals surface area (Å²) in [5.41, 5.74) is 9.48. The molecule has 1 aliphatic rings. The van der Waals surface area contributed by atoms with Crippen molar-refractivity contribution in [3.63, 3.8) is 0 Å².